The second kappa shape index (κ2) is 6.55. The summed E-state index contributed by atoms with van der Waals surface area (Å²) in [5.41, 5.74) is 0.804. The molecule has 0 radical (unpaired) electrons. The molecule has 0 atom stereocenters. The highest BCUT2D eigenvalue weighted by Gasteiger charge is 2.19. The molecule has 0 saturated heterocycles. The van der Waals surface area contributed by atoms with Gasteiger partial charge in [-0.1, -0.05) is 6.07 Å². The highest BCUT2D eigenvalue weighted by molar-refractivity contribution is 5.96. The zero-order chi connectivity index (χ0) is 17.0. The molecule has 2 rings (SSSR count). The molecular formula is C15H20N6O2. The number of likely N-dealkylation sites (N-methyl/N-ethyl adjacent to an activating group) is 1. The molecule has 23 heavy (non-hydrogen) atoms. The molecule has 0 aliphatic heterocycles. The van der Waals surface area contributed by atoms with Gasteiger partial charge in [0.1, 0.15) is 6.33 Å². The van der Waals surface area contributed by atoms with Crippen LogP contribution in [0.5, 0.6) is 0 Å². The summed E-state index contributed by atoms with van der Waals surface area (Å²) in [7, 11) is 1.59. The number of aromatic nitrogens is 4. The van der Waals surface area contributed by atoms with Gasteiger partial charge in [0.2, 0.25) is 5.91 Å². The number of tetrazole rings is 1. The third-order valence-electron chi connectivity index (χ3n) is 2.95. The maximum absolute atomic E-state index is 12.5. The number of rotatable bonds is 4. The van der Waals surface area contributed by atoms with Crippen molar-refractivity contribution in [2.24, 2.45) is 0 Å². The molecule has 0 aliphatic rings. The molecule has 2 amide bonds. The third kappa shape index (κ3) is 4.60. The van der Waals surface area contributed by atoms with Gasteiger partial charge in [0.05, 0.1) is 12.2 Å². The van der Waals surface area contributed by atoms with Gasteiger partial charge in [-0.2, -0.15) is 0 Å². The largest absolute Gasteiger partial charge is 0.350 e. The molecule has 1 aromatic carbocycles. The first-order chi connectivity index (χ1) is 10.8. The monoisotopic (exact) mass is 316 g/mol. The van der Waals surface area contributed by atoms with E-state index in [0.29, 0.717) is 11.3 Å². The van der Waals surface area contributed by atoms with Gasteiger partial charge in [0.25, 0.3) is 5.91 Å². The van der Waals surface area contributed by atoms with Crippen LogP contribution >= 0.6 is 0 Å². The van der Waals surface area contributed by atoms with E-state index in [0.717, 1.165) is 0 Å². The zero-order valence-corrected chi connectivity index (χ0v) is 13.6. The first kappa shape index (κ1) is 16.6. The SMILES string of the molecule is CN(CC(=O)NC(C)(C)C)C(=O)c1cccc(-n2cnnn2)c1. The second-order valence-corrected chi connectivity index (χ2v) is 6.26. The van der Waals surface area contributed by atoms with Crippen molar-refractivity contribution >= 4 is 11.8 Å². The highest BCUT2D eigenvalue weighted by Crippen LogP contribution is 2.11. The molecule has 0 unspecified atom stereocenters. The lowest BCUT2D eigenvalue weighted by Crippen LogP contribution is -2.46. The minimum absolute atomic E-state index is 0.00872. The van der Waals surface area contributed by atoms with Crippen molar-refractivity contribution in [2.75, 3.05) is 13.6 Å². The molecule has 8 nitrogen and oxygen atoms in total. The Morgan fingerprint density at radius 2 is 2.04 bits per heavy atom. The maximum Gasteiger partial charge on any atom is 0.254 e. The molecule has 1 N–H and O–H groups in total. The minimum atomic E-state index is -0.332. The van der Waals surface area contributed by atoms with E-state index in [2.05, 4.69) is 20.8 Å². The van der Waals surface area contributed by atoms with Crippen molar-refractivity contribution in [3.05, 3.63) is 36.2 Å². The van der Waals surface area contributed by atoms with Crippen LogP contribution in [0.25, 0.3) is 5.69 Å². The van der Waals surface area contributed by atoms with Crippen molar-refractivity contribution in [2.45, 2.75) is 26.3 Å². The maximum atomic E-state index is 12.5. The first-order valence-corrected chi connectivity index (χ1v) is 7.16. The summed E-state index contributed by atoms with van der Waals surface area (Å²) in [6, 6.07) is 6.90. The lowest BCUT2D eigenvalue weighted by molar-refractivity contribution is -0.122. The Bertz CT molecular complexity index is 690. The lowest BCUT2D eigenvalue weighted by Gasteiger charge is -2.23. The fraction of sp³-hybridized carbons (Fsp3) is 0.400. The topological polar surface area (TPSA) is 93.0 Å². The Morgan fingerprint density at radius 1 is 1.30 bits per heavy atom. The van der Waals surface area contributed by atoms with E-state index in [9.17, 15) is 9.59 Å². The van der Waals surface area contributed by atoms with Gasteiger partial charge in [-0.25, -0.2) is 4.68 Å². The summed E-state index contributed by atoms with van der Waals surface area (Å²) < 4.78 is 1.46. The molecule has 0 spiro atoms. The van der Waals surface area contributed by atoms with E-state index in [1.54, 1.807) is 31.3 Å². The molecule has 0 bridgehead atoms. The number of nitrogens with zero attached hydrogens (tertiary/aromatic N) is 5. The van der Waals surface area contributed by atoms with Gasteiger partial charge in [0.15, 0.2) is 0 Å². The van der Waals surface area contributed by atoms with Crippen LogP contribution in [0.3, 0.4) is 0 Å². The van der Waals surface area contributed by atoms with E-state index in [4.69, 9.17) is 0 Å². The summed E-state index contributed by atoms with van der Waals surface area (Å²) in [6.45, 7) is 5.66. The zero-order valence-electron chi connectivity index (χ0n) is 13.6. The summed E-state index contributed by atoms with van der Waals surface area (Å²) in [4.78, 5) is 25.8. The van der Waals surface area contributed by atoms with Gasteiger partial charge in [-0.3, -0.25) is 9.59 Å². The normalized spacial score (nSPS) is 11.1. The van der Waals surface area contributed by atoms with Crippen LogP contribution in [-0.4, -0.2) is 56.1 Å². The number of carbonyl (C=O) groups is 2. The fourth-order valence-electron chi connectivity index (χ4n) is 2.03. The summed E-state index contributed by atoms with van der Waals surface area (Å²) in [6.07, 6.45) is 1.45. The summed E-state index contributed by atoms with van der Waals surface area (Å²) in [5, 5.41) is 13.7. The number of carbonyl (C=O) groups excluding carboxylic acids is 2. The Labute approximate surface area is 134 Å². The van der Waals surface area contributed by atoms with Gasteiger partial charge in [-0.15, -0.1) is 5.10 Å². The second-order valence-electron chi connectivity index (χ2n) is 6.26. The van der Waals surface area contributed by atoms with Gasteiger partial charge < -0.3 is 10.2 Å². The Kier molecular flexibility index (Phi) is 4.73. The van der Waals surface area contributed by atoms with Crippen molar-refractivity contribution in [3.63, 3.8) is 0 Å². The minimum Gasteiger partial charge on any atom is -0.350 e. The molecule has 1 aromatic heterocycles. The Morgan fingerprint density at radius 3 is 2.65 bits per heavy atom. The van der Waals surface area contributed by atoms with Crippen LogP contribution < -0.4 is 5.32 Å². The van der Waals surface area contributed by atoms with Crippen LogP contribution in [0, 0.1) is 0 Å². The Balaban J connectivity index is 2.08. The van der Waals surface area contributed by atoms with E-state index in [1.807, 2.05) is 20.8 Å². The number of benzene rings is 1. The highest BCUT2D eigenvalue weighted by atomic mass is 16.2. The van der Waals surface area contributed by atoms with Gasteiger partial charge >= 0.3 is 0 Å². The lowest BCUT2D eigenvalue weighted by atomic mass is 10.1. The van der Waals surface area contributed by atoms with Crippen LogP contribution in [0.1, 0.15) is 31.1 Å². The van der Waals surface area contributed by atoms with Crippen molar-refractivity contribution < 1.29 is 9.59 Å². The predicted octanol–water partition coefficient (Wildman–Crippen LogP) is 0.649. The standard InChI is InChI=1S/C15H20N6O2/c1-15(2,3)17-13(22)9-20(4)14(23)11-6-5-7-12(8-11)21-10-16-18-19-21/h5-8,10H,9H2,1-4H3,(H,17,22). The number of hydrogen-bond donors (Lipinski definition) is 1. The number of hydrogen-bond acceptors (Lipinski definition) is 5. The van der Waals surface area contributed by atoms with Crippen LogP contribution in [0.2, 0.25) is 0 Å². The van der Waals surface area contributed by atoms with Crippen molar-refractivity contribution in [3.8, 4) is 5.69 Å². The number of nitrogens with one attached hydrogen (secondary N) is 1. The fourth-order valence-corrected chi connectivity index (χ4v) is 2.03. The summed E-state index contributed by atoms with van der Waals surface area (Å²) >= 11 is 0. The first-order valence-electron chi connectivity index (χ1n) is 7.16. The van der Waals surface area contributed by atoms with E-state index >= 15 is 0 Å². The van der Waals surface area contributed by atoms with Crippen molar-refractivity contribution in [1.82, 2.24) is 30.4 Å². The van der Waals surface area contributed by atoms with Crippen LogP contribution in [0.15, 0.2) is 30.6 Å². The molecule has 0 saturated carbocycles. The molecule has 1 heterocycles. The smallest absolute Gasteiger partial charge is 0.254 e. The molecule has 2 aromatic rings. The number of amides is 2. The van der Waals surface area contributed by atoms with Gasteiger partial charge in [-0.05, 0) is 49.4 Å². The predicted molar refractivity (Wildman–Crippen MR) is 84.0 cm³/mol. The average Bonchev–Trinajstić information content (AvgIpc) is 2.98. The quantitative estimate of drug-likeness (QED) is 0.894. The van der Waals surface area contributed by atoms with E-state index in [-0.39, 0.29) is 23.9 Å². The van der Waals surface area contributed by atoms with E-state index < -0.39 is 0 Å². The van der Waals surface area contributed by atoms with E-state index in [1.165, 1.54) is 15.9 Å². The molecule has 0 fully saturated rings. The molecule has 8 heteroatoms. The van der Waals surface area contributed by atoms with Gasteiger partial charge in [0, 0.05) is 18.2 Å². The van der Waals surface area contributed by atoms with Crippen LogP contribution in [-0.2, 0) is 4.79 Å². The Hall–Kier alpha value is -2.77. The van der Waals surface area contributed by atoms with Crippen LogP contribution in [0.4, 0.5) is 0 Å². The summed E-state index contributed by atoms with van der Waals surface area (Å²) in [5.74, 6) is -0.450. The molecule has 122 valence electrons. The average molecular weight is 316 g/mol. The molecule has 0 aliphatic carbocycles. The van der Waals surface area contributed by atoms with Crippen molar-refractivity contribution in [1.29, 1.82) is 0 Å². The molecular weight excluding hydrogens is 296 g/mol. The third-order valence-corrected chi connectivity index (χ3v) is 2.95.